The summed E-state index contributed by atoms with van der Waals surface area (Å²) >= 11 is 0. The molecule has 0 heterocycles. The van der Waals surface area contributed by atoms with Crippen molar-refractivity contribution in [2.75, 3.05) is 21.1 Å². The fourth-order valence-electron chi connectivity index (χ4n) is 1.65. The van der Waals surface area contributed by atoms with E-state index in [0.29, 0.717) is 6.04 Å². The molecule has 0 N–H and O–H groups in total. The Hall–Kier alpha value is -0.600. The second kappa shape index (κ2) is 6.09. The van der Waals surface area contributed by atoms with Gasteiger partial charge in [0.15, 0.2) is 0 Å². The third-order valence-electron chi connectivity index (χ3n) is 2.35. The maximum absolute atomic E-state index is 2.26. The number of allylic oxidation sites excluding steroid dienone is 1. The molecular weight excluding hydrogens is 250 g/mol. The number of benzene rings is 1. The fraction of sp³-hybridized carbons (Fsp3) is 0.385. The third kappa shape index (κ3) is 4.18. The lowest BCUT2D eigenvalue weighted by Gasteiger charge is -2.32. The molecule has 0 radical (unpaired) electrons. The van der Waals surface area contributed by atoms with E-state index in [2.05, 4.69) is 70.6 Å². The molecule has 1 atom stereocenters. The Kier molecular flexibility index (Phi) is 5.84. The quantitative estimate of drug-likeness (QED) is 0.536. The first kappa shape index (κ1) is 14.4. The van der Waals surface area contributed by atoms with E-state index in [1.54, 1.807) is 0 Å². The zero-order chi connectivity index (χ0) is 10.6. The molecule has 0 amide bonds. The predicted molar refractivity (Wildman–Crippen MR) is 62.0 cm³/mol. The molecule has 1 unspecified atom stereocenters. The first-order valence-electron chi connectivity index (χ1n) is 5.04. The van der Waals surface area contributed by atoms with Crippen molar-refractivity contribution in [3.63, 3.8) is 0 Å². The van der Waals surface area contributed by atoms with Crippen LogP contribution in [0.4, 0.5) is 0 Å². The summed E-state index contributed by atoms with van der Waals surface area (Å²) in [5, 5.41) is 0. The van der Waals surface area contributed by atoms with Gasteiger partial charge in [-0.15, -0.1) is 0 Å². The SMILES string of the molecule is CC=CC(c1ccccc1)[N+](C)(C)C.[Br-]. The smallest absolute Gasteiger partial charge is 0.133 e. The second-order valence-electron chi connectivity index (χ2n) is 4.50. The highest BCUT2D eigenvalue weighted by atomic mass is 79.9. The minimum Gasteiger partial charge on any atom is -1.00 e. The van der Waals surface area contributed by atoms with Crippen molar-refractivity contribution in [1.82, 2.24) is 0 Å². The van der Waals surface area contributed by atoms with Crippen molar-refractivity contribution in [2.24, 2.45) is 0 Å². The first-order valence-corrected chi connectivity index (χ1v) is 5.04. The number of quaternary nitrogens is 1. The number of hydrogen-bond donors (Lipinski definition) is 0. The molecule has 0 aliphatic rings. The monoisotopic (exact) mass is 269 g/mol. The van der Waals surface area contributed by atoms with Crippen molar-refractivity contribution in [3.05, 3.63) is 48.0 Å². The first-order chi connectivity index (χ1) is 6.55. The van der Waals surface area contributed by atoms with Gasteiger partial charge in [-0.25, -0.2) is 0 Å². The van der Waals surface area contributed by atoms with E-state index in [0.717, 1.165) is 4.48 Å². The Bertz CT molecular complexity index is 298. The molecule has 0 aliphatic heterocycles. The minimum absolute atomic E-state index is 0. The van der Waals surface area contributed by atoms with Gasteiger partial charge in [0.25, 0.3) is 0 Å². The highest BCUT2D eigenvalue weighted by Gasteiger charge is 2.21. The van der Waals surface area contributed by atoms with Crippen molar-refractivity contribution in [3.8, 4) is 0 Å². The van der Waals surface area contributed by atoms with Crippen molar-refractivity contribution in [2.45, 2.75) is 13.0 Å². The Morgan fingerprint density at radius 1 is 1.07 bits per heavy atom. The lowest BCUT2D eigenvalue weighted by atomic mass is 10.0. The van der Waals surface area contributed by atoms with Gasteiger partial charge in [0.1, 0.15) is 6.04 Å². The predicted octanol–water partition coefficient (Wildman–Crippen LogP) is 0.0140. The van der Waals surface area contributed by atoms with Crippen LogP contribution in [0.25, 0.3) is 0 Å². The zero-order valence-electron chi connectivity index (χ0n) is 9.94. The standard InChI is InChI=1S/C13H20N.BrH/c1-5-9-13(14(2,3)4)12-10-7-6-8-11-12;/h5-11,13H,1-4H3;1H/q+1;/p-1. The maximum Gasteiger partial charge on any atom is 0.133 e. The molecule has 1 aromatic rings. The van der Waals surface area contributed by atoms with E-state index >= 15 is 0 Å². The molecule has 0 aromatic heterocycles. The Morgan fingerprint density at radius 3 is 2.00 bits per heavy atom. The second-order valence-corrected chi connectivity index (χ2v) is 4.50. The van der Waals surface area contributed by atoms with E-state index in [-0.39, 0.29) is 17.0 Å². The average molecular weight is 270 g/mol. The van der Waals surface area contributed by atoms with Gasteiger partial charge in [-0.3, -0.25) is 0 Å². The molecule has 0 saturated carbocycles. The molecule has 0 fully saturated rings. The largest absolute Gasteiger partial charge is 1.00 e. The van der Waals surface area contributed by atoms with Gasteiger partial charge in [-0.2, -0.15) is 0 Å². The normalized spacial score (nSPS) is 13.6. The van der Waals surface area contributed by atoms with Crippen LogP contribution in [0.1, 0.15) is 18.5 Å². The highest BCUT2D eigenvalue weighted by molar-refractivity contribution is 5.21. The molecule has 0 spiro atoms. The molecule has 2 heteroatoms. The topological polar surface area (TPSA) is 0 Å². The van der Waals surface area contributed by atoms with Crippen molar-refractivity contribution >= 4 is 0 Å². The Morgan fingerprint density at radius 2 is 1.60 bits per heavy atom. The Balaban J connectivity index is 0.00000196. The number of rotatable bonds is 3. The maximum atomic E-state index is 2.26. The average Bonchev–Trinajstić information content (AvgIpc) is 2.14. The van der Waals surface area contributed by atoms with Gasteiger partial charge < -0.3 is 21.5 Å². The molecule has 84 valence electrons. The van der Waals surface area contributed by atoms with Crippen molar-refractivity contribution < 1.29 is 21.5 Å². The van der Waals surface area contributed by atoms with E-state index in [1.165, 1.54) is 5.56 Å². The third-order valence-corrected chi connectivity index (χ3v) is 2.35. The summed E-state index contributed by atoms with van der Waals surface area (Å²) in [6.07, 6.45) is 4.39. The van der Waals surface area contributed by atoms with Gasteiger partial charge in [-0.1, -0.05) is 36.4 Å². The van der Waals surface area contributed by atoms with E-state index < -0.39 is 0 Å². The van der Waals surface area contributed by atoms with Crippen LogP contribution >= 0.6 is 0 Å². The molecule has 1 rings (SSSR count). The number of halogens is 1. The van der Waals surface area contributed by atoms with E-state index in [1.807, 2.05) is 0 Å². The summed E-state index contributed by atoms with van der Waals surface area (Å²) < 4.78 is 0.925. The highest BCUT2D eigenvalue weighted by Crippen LogP contribution is 2.24. The summed E-state index contributed by atoms with van der Waals surface area (Å²) in [7, 11) is 6.66. The van der Waals surface area contributed by atoms with Crippen LogP contribution in [-0.4, -0.2) is 25.6 Å². The fourth-order valence-corrected chi connectivity index (χ4v) is 1.65. The summed E-state index contributed by atoms with van der Waals surface area (Å²) in [5.74, 6) is 0. The molecule has 1 nitrogen and oxygen atoms in total. The van der Waals surface area contributed by atoms with Gasteiger partial charge in [0.2, 0.25) is 0 Å². The van der Waals surface area contributed by atoms with E-state index in [9.17, 15) is 0 Å². The van der Waals surface area contributed by atoms with Crippen LogP contribution in [0, 0.1) is 0 Å². The van der Waals surface area contributed by atoms with E-state index in [4.69, 9.17) is 0 Å². The molecule has 1 aromatic carbocycles. The lowest BCUT2D eigenvalue weighted by Crippen LogP contribution is -3.00. The summed E-state index contributed by atoms with van der Waals surface area (Å²) in [5.41, 5.74) is 1.37. The van der Waals surface area contributed by atoms with Crippen LogP contribution in [0.3, 0.4) is 0 Å². The van der Waals surface area contributed by atoms with Crippen LogP contribution in [-0.2, 0) is 0 Å². The number of hydrogen-bond acceptors (Lipinski definition) is 0. The molecular formula is C13H20BrN. The number of nitrogens with zero attached hydrogens (tertiary/aromatic N) is 1. The van der Waals surface area contributed by atoms with Crippen LogP contribution in [0.5, 0.6) is 0 Å². The van der Waals surface area contributed by atoms with Crippen molar-refractivity contribution in [1.29, 1.82) is 0 Å². The zero-order valence-corrected chi connectivity index (χ0v) is 11.5. The molecule has 0 saturated heterocycles. The summed E-state index contributed by atoms with van der Waals surface area (Å²) in [6.45, 7) is 2.08. The molecule has 0 bridgehead atoms. The van der Waals surface area contributed by atoms with Gasteiger partial charge in [0.05, 0.1) is 21.1 Å². The number of likely N-dealkylation sites (N-methyl/N-ethyl adjacent to an activating group) is 1. The van der Waals surface area contributed by atoms with Crippen LogP contribution in [0.2, 0.25) is 0 Å². The lowest BCUT2D eigenvalue weighted by molar-refractivity contribution is -0.895. The van der Waals surface area contributed by atoms with Crippen LogP contribution < -0.4 is 17.0 Å². The van der Waals surface area contributed by atoms with Gasteiger partial charge >= 0.3 is 0 Å². The summed E-state index contributed by atoms with van der Waals surface area (Å²) in [6, 6.07) is 11.1. The minimum atomic E-state index is 0. The molecule has 15 heavy (non-hydrogen) atoms. The summed E-state index contributed by atoms with van der Waals surface area (Å²) in [4.78, 5) is 0. The van der Waals surface area contributed by atoms with Gasteiger partial charge in [-0.05, 0) is 13.0 Å². The Labute approximate surface area is 104 Å². The van der Waals surface area contributed by atoms with Gasteiger partial charge in [0, 0.05) is 5.56 Å². The van der Waals surface area contributed by atoms with Crippen LogP contribution in [0.15, 0.2) is 42.5 Å². The molecule has 0 aliphatic carbocycles.